The van der Waals surface area contributed by atoms with Crippen LogP contribution in [0.2, 0.25) is 0 Å². The molecule has 1 heterocycles. The number of hydrogen-bond donors (Lipinski definition) is 1. The minimum Gasteiger partial charge on any atom is -0.312 e. The summed E-state index contributed by atoms with van der Waals surface area (Å²) in [4.78, 5) is 2.87. The van der Waals surface area contributed by atoms with Crippen molar-refractivity contribution in [2.24, 2.45) is 5.92 Å². The third-order valence-electron chi connectivity index (χ3n) is 5.49. The van der Waals surface area contributed by atoms with Crippen molar-refractivity contribution in [2.45, 2.75) is 90.3 Å². The smallest absolute Gasteiger partial charge is 0.0224 e. The Bertz CT molecular complexity index is 252. The quantitative estimate of drug-likeness (QED) is 0.786. The van der Waals surface area contributed by atoms with Crippen LogP contribution < -0.4 is 5.32 Å². The number of hydrogen-bond acceptors (Lipinski definition) is 2. The lowest BCUT2D eigenvalue weighted by molar-refractivity contribution is 0.0182. The molecule has 1 N–H and O–H groups in total. The van der Waals surface area contributed by atoms with E-state index in [-0.39, 0.29) is 0 Å². The Labute approximate surface area is 120 Å². The zero-order valence-corrected chi connectivity index (χ0v) is 13.3. The topological polar surface area (TPSA) is 15.3 Å². The highest BCUT2D eigenvalue weighted by molar-refractivity contribution is 4.92. The monoisotopic (exact) mass is 266 g/mol. The van der Waals surface area contributed by atoms with Crippen LogP contribution in [0.1, 0.15) is 72.1 Å². The Morgan fingerprint density at radius 1 is 1.11 bits per heavy atom. The number of likely N-dealkylation sites (tertiary alicyclic amines) is 1. The Hall–Kier alpha value is -0.0800. The molecule has 2 aliphatic rings. The van der Waals surface area contributed by atoms with E-state index in [2.05, 4.69) is 31.0 Å². The van der Waals surface area contributed by atoms with Gasteiger partial charge >= 0.3 is 0 Å². The minimum absolute atomic E-state index is 0.681. The van der Waals surface area contributed by atoms with Gasteiger partial charge in [-0.2, -0.15) is 0 Å². The highest BCUT2D eigenvalue weighted by Gasteiger charge is 2.36. The summed E-state index contributed by atoms with van der Waals surface area (Å²) >= 11 is 0. The molecule has 0 aromatic rings. The highest BCUT2D eigenvalue weighted by atomic mass is 15.2. The molecular weight excluding hydrogens is 232 g/mol. The van der Waals surface area contributed by atoms with E-state index >= 15 is 0 Å². The van der Waals surface area contributed by atoms with Crippen LogP contribution in [0.25, 0.3) is 0 Å². The third kappa shape index (κ3) is 3.72. The van der Waals surface area contributed by atoms with E-state index in [0.717, 1.165) is 12.0 Å². The molecule has 1 saturated heterocycles. The second-order valence-corrected chi connectivity index (χ2v) is 6.70. The average Bonchev–Trinajstić information content (AvgIpc) is 2.47. The van der Waals surface area contributed by atoms with Crippen LogP contribution in [-0.4, -0.2) is 36.1 Å². The van der Waals surface area contributed by atoms with Crippen LogP contribution in [0.15, 0.2) is 0 Å². The first kappa shape index (κ1) is 15.3. The summed E-state index contributed by atoms with van der Waals surface area (Å²) in [6.45, 7) is 9.58. The van der Waals surface area contributed by atoms with Crippen LogP contribution in [0.5, 0.6) is 0 Å². The molecule has 0 bridgehead atoms. The molecular formula is C17H34N2. The maximum absolute atomic E-state index is 3.77. The van der Waals surface area contributed by atoms with Crippen LogP contribution in [-0.2, 0) is 0 Å². The fourth-order valence-electron chi connectivity index (χ4n) is 4.39. The molecule has 2 nitrogen and oxygen atoms in total. The predicted molar refractivity (Wildman–Crippen MR) is 83.5 cm³/mol. The average molecular weight is 266 g/mol. The number of piperidine rings is 1. The van der Waals surface area contributed by atoms with E-state index in [4.69, 9.17) is 0 Å². The van der Waals surface area contributed by atoms with Crippen molar-refractivity contribution in [2.75, 3.05) is 13.1 Å². The van der Waals surface area contributed by atoms with E-state index in [0.29, 0.717) is 12.1 Å². The first-order valence-electron chi connectivity index (χ1n) is 8.77. The fourth-order valence-corrected chi connectivity index (χ4v) is 4.39. The maximum Gasteiger partial charge on any atom is 0.0224 e. The minimum atomic E-state index is 0.681. The zero-order valence-electron chi connectivity index (χ0n) is 13.3. The normalized spacial score (nSPS) is 31.7. The Morgan fingerprint density at radius 2 is 1.84 bits per heavy atom. The van der Waals surface area contributed by atoms with Gasteiger partial charge in [0.1, 0.15) is 0 Å². The van der Waals surface area contributed by atoms with Crippen molar-refractivity contribution in [3.63, 3.8) is 0 Å². The molecule has 1 saturated carbocycles. The second kappa shape index (κ2) is 7.64. The molecule has 1 aliphatic carbocycles. The van der Waals surface area contributed by atoms with Crippen molar-refractivity contribution in [3.05, 3.63) is 0 Å². The van der Waals surface area contributed by atoms with Crippen molar-refractivity contribution in [1.82, 2.24) is 10.2 Å². The summed E-state index contributed by atoms with van der Waals surface area (Å²) in [6, 6.07) is 2.29. The summed E-state index contributed by atoms with van der Waals surface area (Å²) in [5, 5.41) is 3.77. The maximum atomic E-state index is 3.77. The van der Waals surface area contributed by atoms with Crippen molar-refractivity contribution in [1.29, 1.82) is 0 Å². The zero-order chi connectivity index (χ0) is 13.7. The standard InChI is InChI=1S/C17H34N2/c1-4-12-18-16(5-2)14(3)19-13-8-10-15-9-6-7-11-17(15)19/h14-18H,4-13H2,1-3H3/t14?,15-,16?,17-/m1/s1. The molecule has 0 amide bonds. The van der Waals surface area contributed by atoms with Gasteiger partial charge in [0.05, 0.1) is 0 Å². The van der Waals surface area contributed by atoms with Crippen molar-refractivity contribution < 1.29 is 0 Å². The largest absolute Gasteiger partial charge is 0.312 e. The van der Waals surface area contributed by atoms with Crippen molar-refractivity contribution in [3.8, 4) is 0 Å². The molecule has 1 aliphatic heterocycles. The number of rotatable bonds is 6. The first-order chi connectivity index (χ1) is 9.27. The molecule has 0 spiro atoms. The van der Waals surface area contributed by atoms with Crippen LogP contribution in [0.4, 0.5) is 0 Å². The van der Waals surface area contributed by atoms with E-state index in [1.165, 1.54) is 64.5 Å². The summed E-state index contributed by atoms with van der Waals surface area (Å²) in [7, 11) is 0. The Morgan fingerprint density at radius 3 is 2.58 bits per heavy atom. The van der Waals surface area contributed by atoms with Gasteiger partial charge in [0.15, 0.2) is 0 Å². The summed E-state index contributed by atoms with van der Waals surface area (Å²) in [5.41, 5.74) is 0. The van der Waals surface area contributed by atoms with Gasteiger partial charge in [-0.1, -0.05) is 26.7 Å². The molecule has 2 heteroatoms. The third-order valence-corrected chi connectivity index (χ3v) is 5.49. The second-order valence-electron chi connectivity index (χ2n) is 6.70. The SMILES string of the molecule is CCCNC(CC)C(C)N1CCC[C@H]2CCCC[C@H]21. The van der Waals surface area contributed by atoms with Gasteiger partial charge in [0.2, 0.25) is 0 Å². The molecule has 0 radical (unpaired) electrons. The van der Waals surface area contributed by atoms with Gasteiger partial charge in [-0.15, -0.1) is 0 Å². The lowest BCUT2D eigenvalue weighted by Gasteiger charge is -2.48. The van der Waals surface area contributed by atoms with E-state index < -0.39 is 0 Å². The number of nitrogens with one attached hydrogen (secondary N) is 1. The fraction of sp³-hybridized carbons (Fsp3) is 1.00. The first-order valence-corrected chi connectivity index (χ1v) is 8.77. The molecule has 0 aromatic heterocycles. The molecule has 2 rings (SSSR count). The van der Waals surface area contributed by atoms with E-state index in [1.54, 1.807) is 0 Å². The Balaban J connectivity index is 1.96. The molecule has 0 aromatic carbocycles. The van der Waals surface area contributed by atoms with E-state index in [1.807, 2.05) is 0 Å². The van der Waals surface area contributed by atoms with E-state index in [9.17, 15) is 0 Å². The predicted octanol–water partition coefficient (Wildman–Crippen LogP) is 3.81. The van der Waals surface area contributed by atoms with Crippen LogP contribution in [0, 0.1) is 5.92 Å². The van der Waals surface area contributed by atoms with Gasteiger partial charge in [0, 0.05) is 18.1 Å². The molecule has 19 heavy (non-hydrogen) atoms. The number of nitrogens with zero attached hydrogens (tertiary/aromatic N) is 1. The van der Waals surface area contributed by atoms with Crippen molar-refractivity contribution >= 4 is 0 Å². The molecule has 2 fully saturated rings. The van der Waals surface area contributed by atoms with Gasteiger partial charge < -0.3 is 5.32 Å². The lowest BCUT2D eigenvalue weighted by atomic mass is 9.77. The molecule has 2 unspecified atom stereocenters. The summed E-state index contributed by atoms with van der Waals surface area (Å²) in [5.74, 6) is 1.01. The molecule has 4 atom stereocenters. The molecule has 112 valence electrons. The lowest BCUT2D eigenvalue weighted by Crippen LogP contribution is -2.56. The van der Waals surface area contributed by atoms with Gasteiger partial charge in [-0.3, -0.25) is 4.90 Å². The van der Waals surface area contributed by atoms with Crippen LogP contribution in [0.3, 0.4) is 0 Å². The van der Waals surface area contributed by atoms with Gasteiger partial charge in [-0.05, 0) is 64.5 Å². The summed E-state index contributed by atoms with van der Waals surface area (Å²) in [6.07, 6.45) is 11.3. The Kier molecular flexibility index (Phi) is 6.15. The van der Waals surface area contributed by atoms with Gasteiger partial charge in [-0.25, -0.2) is 0 Å². The van der Waals surface area contributed by atoms with Gasteiger partial charge in [0.25, 0.3) is 0 Å². The van der Waals surface area contributed by atoms with Crippen LogP contribution >= 0.6 is 0 Å². The number of fused-ring (bicyclic) bond motifs is 1. The highest BCUT2D eigenvalue weighted by Crippen LogP contribution is 2.36. The summed E-state index contributed by atoms with van der Waals surface area (Å²) < 4.78 is 0.